The molecule has 0 bridgehead atoms. The lowest BCUT2D eigenvalue weighted by atomic mass is 9.95. The van der Waals surface area contributed by atoms with Crippen molar-refractivity contribution in [3.05, 3.63) is 33.0 Å². The molecule has 0 saturated carbocycles. The first-order chi connectivity index (χ1) is 7.61. The van der Waals surface area contributed by atoms with Crippen LogP contribution in [0.5, 0.6) is 0 Å². The summed E-state index contributed by atoms with van der Waals surface area (Å²) in [5.74, 6) is 1.54. The summed E-state index contributed by atoms with van der Waals surface area (Å²) < 4.78 is 14.4. The quantitative estimate of drug-likeness (QED) is 0.829. The van der Waals surface area contributed by atoms with Gasteiger partial charge in [-0.15, -0.1) is 0 Å². The maximum absolute atomic E-state index is 13.8. The lowest BCUT2D eigenvalue weighted by molar-refractivity contribution is 0.117. The van der Waals surface area contributed by atoms with Gasteiger partial charge in [0.05, 0.1) is 11.1 Å². The Kier molecular flexibility index (Phi) is 4.16. The Morgan fingerprint density at radius 3 is 2.94 bits per heavy atom. The normalized spacial score (nSPS) is 22.4. The molecule has 0 amide bonds. The predicted octanol–water partition coefficient (Wildman–Crippen LogP) is 4.03. The summed E-state index contributed by atoms with van der Waals surface area (Å²) in [4.78, 5) is 0. The molecule has 1 saturated heterocycles. The van der Waals surface area contributed by atoms with Gasteiger partial charge in [-0.3, -0.25) is 0 Å². The molecule has 1 aliphatic rings. The van der Waals surface area contributed by atoms with E-state index in [1.807, 2.05) is 0 Å². The fourth-order valence-electron chi connectivity index (χ4n) is 1.82. The van der Waals surface area contributed by atoms with E-state index in [1.165, 1.54) is 0 Å². The van der Waals surface area contributed by atoms with Gasteiger partial charge in [-0.1, -0.05) is 17.7 Å². The summed E-state index contributed by atoms with van der Waals surface area (Å²) >= 11 is 10.7. The molecule has 1 nitrogen and oxygen atoms in total. The molecule has 1 aromatic rings. The van der Waals surface area contributed by atoms with E-state index in [9.17, 15) is 9.50 Å². The number of hydrogen-bond donors (Lipinski definition) is 1. The molecule has 1 heterocycles. The van der Waals surface area contributed by atoms with Crippen molar-refractivity contribution in [1.82, 2.24) is 0 Å². The molecule has 2 atom stereocenters. The highest BCUT2D eigenvalue weighted by atomic mass is 79.9. The second-order valence-corrected chi connectivity index (χ2v) is 6.22. The average Bonchev–Trinajstić information content (AvgIpc) is 2.79. The standard InChI is InChI=1S/C11H11BrClFOS/c12-8-2-1-7(10(14)9(8)13)11(15)6-3-4-16-5-6/h1-2,6,11,15H,3-5H2. The molecule has 1 aliphatic heterocycles. The largest absolute Gasteiger partial charge is 0.388 e. The molecule has 88 valence electrons. The molecule has 2 rings (SSSR count). The molecular formula is C11H11BrClFOS. The average molecular weight is 326 g/mol. The molecule has 2 unspecified atom stereocenters. The Morgan fingerprint density at radius 2 is 2.31 bits per heavy atom. The SMILES string of the molecule is OC(c1ccc(Br)c(Cl)c1F)C1CCSC1. The van der Waals surface area contributed by atoms with Crippen molar-refractivity contribution in [3.8, 4) is 0 Å². The van der Waals surface area contributed by atoms with Gasteiger partial charge in [-0.05, 0) is 45.8 Å². The molecule has 1 N–H and O–H groups in total. The summed E-state index contributed by atoms with van der Waals surface area (Å²) in [5, 5.41) is 10.1. The number of aliphatic hydroxyl groups is 1. The summed E-state index contributed by atoms with van der Waals surface area (Å²) in [6, 6.07) is 3.27. The minimum atomic E-state index is -0.749. The number of rotatable bonds is 2. The van der Waals surface area contributed by atoms with Gasteiger partial charge in [0.1, 0.15) is 5.82 Å². The van der Waals surface area contributed by atoms with Gasteiger partial charge in [0.2, 0.25) is 0 Å². The molecule has 0 aliphatic carbocycles. The van der Waals surface area contributed by atoms with E-state index in [2.05, 4.69) is 15.9 Å². The van der Waals surface area contributed by atoms with Gasteiger partial charge >= 0.3 is 0 Å². The first-order valence-electron chi connectivity index (χ1n) is 5.00. The van der Waals surface area contributed by atoms with Crippen LogP contribution in [-0.4, -0.2) is 16.6 Å². The summed E-state index contributed by atoms with van der Waals surface area (Å²) in [6.45, 7) is 0. The predicted molar refractivity (Wildman–Crippen MR) is 69.5 cm³/mol. The number of aliphatic hydroxyl groups excluding tert-OH is 1. The molecule has 0 aromatic heterocycles. The number of benzene rings is 1. The van der Waals surface area contributed by atoms with Gasteiger partial charge in [-0.2, -0.15) is 11.8 Å². The third kappa shape index (κ3) is 2.40. The van der Waals surface area contributed by atoms with Crippen LogP contribution >= 0.6 is 39.3 Å². The zero-order valence-corrected chi connectivity index (χ0v) is 11.6. The highest BCUT2D eigenvalue weighted by molar-refractivity contribution is 9.10. The smallest absolute Gasteiger partial charge is 0.148 e. The van der Waals surface area contributed by atoms with Crippen LogP contribution in [0.3, 0.4) is 0 Å². The second kappa shape index (κ2) is 5.25. The van der Waals surface area contributed by atoms with Crippen molar-refractivity contribution < 1.29 is 9.50 Å². The number of thioether (sulfide) groups is 1. The fourth-order valence-corrected chi connectivity index (χ4v) is 3.59. The molecule has 5 heteroatoms. The molecule has 16 heavy (non-hydrogen) atoms. The third-order valence-electron chi connectivity index (χ3n) is 2.80. The van der Waals surface area contributed by atoms with E-state index in [0.717, 1.165) is 17.9 Å². The van der Waals surface area contributed by atoms with E-state index in [-0.39, 0.29) is 10.9 Å². The topological polar surface area (TPSA) is 20.2 Å². The van der Waals surface area contributed by atoms with Crippen LogP contribution in [-0.2, 0) is 0 Å². The van der Waals surface area contributed by atoms with Gasteiger partial charge < -0.3 is 5.11 Å². The van der Waals surface area contributed by atoms with E-state index >= 15 is 0 Å². The van der Waals surface area contributed by atoms with E-state index in [0.29, 0.717) is 10.0 Å². The molecule has 0 radical (unpaired) electrons. The lowest BCUT2D eigenvalue weighted by Gasteiger charge is -2.18. The van der Waals surface area contributed by atoms with Gasteiger partial charge in [0.15, 0.2) is 0 Å². The zero-order chi connectivity index (χ0) is 11.7. The van der Waals surface area contributed by atoms with Crippen molar-refractivity contribution in [2.24, 2.45) is 5.92 Å². The van der Waals surface area contributed by atoms with Crippen LogP contribution in [0.1, 0.15) is 18.1 Å². The lowest BCUT2D eigenvalue weighted by Crippen LogP contribution is -2.13. The second-order valence-electron chi connectivity index (χ2n) is 3.83. The molecule has 1 fully saturated rings. The van der Waals surface area contributed by atoms with Crippen LogP contribution in [0.2, 0.25) is 5.02 Å². The van der Waals surface area contributed by atoms with Crippen LogP contribution in [0.15, 0.2) is 16.6 Å². The Bertz CT molecular complexity index is 396. The molecule has 0 spiro atoms. The van der Waals surface area contributed by atoms with Crippen LogP contribution in [0, 0.1) is 11.7 Å². The minimum absolute atomic E-state index is 0.0437. The summed E-state index contributed by atoms with van der Waals surface area (Å²) in [5.41, 5.74) is 0.306. The van der Waals surface area contributed by atoms with Gasteiger partial charge in [0, 0.05) is 10.0 Å². The van der Waals surface area contributed by atoms with E-state index < -0.39 is 11.9 Å². The van der Waals surface area contributed by atoms with E-state index in [4.69, 9.17) is 11.6 Å². The molecule has 1 aromatic carbocycles. The van der Waals surface area contributed by atoms with Gasteiger partial charge in [-0.25, -0.2) is 4.39 Å². The van der Waals surface area contributed by atoms with E-state index in [1.54, 1.807) is 23.9 Å². The zero-order valence-electron chi connectivity index (χ0n) is 8.42. The molecular weight excluding hydrogens is 315 g/mol. The van der Waals surface area contributed by atoms with Crippen LogP contribution in [0.4, 0.5) is 4.39 Å². The minimum Gasteiger partial charge on any atom is -0.388 e. The summed E-state index contributed by atoms with van der Waals surface area (Å²) in [7, 11) is 0. The van der Waals surface area contributed by atoms with Crippen molar-refractivity contribution in [2.75, 3.05) is 11.5 Å². The monoisotopic (exact) mass is 324 g/mol. The van der Waals surface area contributed by atoms with Crippen molar-refractivity contribution in [2.45, 2.75) is 12.5 Å². The summed E-state index contributed by atoms with van der Waals surface area (Å²) in [6.07, 6.45) is 0.180. The number of hydrogen-bond acceptors (Lipinski definition) is 2. The third-order valence-corrected chi connectivity index (χ3v) is 5.24. The van der Waals surface area contributed by atoms with Crippen LogP contribution < -0.4 is 0 Å². The van der Waals surface area contributed by atoms with Gasteiger partial charge in [0.25, 0.3) is 0 Å². The van der Waals surface area contributed by atoms with Crippen LogP contribution in [0.25, 0.3) is 0 Å². The number of halogens is 3. The maximum atomic E-state index is 13.8. The maximum Gasteiger partial charge on any atom is 0.148 e. The van der Waals surface area contributed by atoms with Crippen molar-refractivity contribution >= 4 is 39.3 Å². The first kappa shape index (κ1) is 12.7. The van der Waals surface area contributed by atoms with Crippen molar-refractivity contribution in [1.29, 1.82) is 0 Å². The first-order valence-corrected chi connectivity index (χ1v) is 7.33. The highest BCUT2D eigenvalue weighted by Crippen LogP contribution is 2.37. The Hall–Kier alpha value is 0.230. The Balaban J connectivity index is 2.29. The Morgan fingerprint density at radius 1 is 1.56 bits per heavy atom. The Labute approximate surface area is 112 Å². The van der Waals surface area contributed by atoms with Crippen molar-refractivity contribution in [3.63, 3.8) is 0 Å². The highest BCUT2D eigenvalue weighted by Gasteiger charge is 2.27. The fraction of sp³-hybridized carbons (Fsp3) is 0.455.